The number of para-hydroxylation sites is 2. The molecule has 0 saturated heterocycles. The summed E-state index contributed by atoms with van der Waals surface area (Å²) in [5.41, 5.74) is 18.7. The average Bonchev–Trinajstić information content (AvgIpc) is 3.82. The van der Waals surface area contributed by atoms with Gasteiger partial charge < -0.3 is 14.1 Å². The largest absolute Gasteiger partial charge is 0.455 e. The second-order valence-electron chi connectivity index (χ2n) is 20.7. The molecule has 1 aliphatic heterocycles. The minimum absolute atomic E-state index is 0.142. The van der Waals surface area contributed by atoms with Crippen LogP contribution in [0.3, 0.4) is 0 Å². The molecule has 0 radical (unpaired) electrons. The Labute approximate surface area is 406 Å². The molecular weight excluding hydrogens is 851 g/mol. The predicted molar refractivity (Wildman–Crippen MR) is 286 cm³/mol. The van der Waals surface area contributed by atoms with Crippen molar-refractivity contribution in [2.24, 2.45) is 5.92 Å². The highest BCUT2D eigenvalue weighted by molar-refractivity contribution is 6.10. The molecule has 2 atom stereocenters. The van der Waals surface area contributed by atoms with Gasteiger partial charge in [0.25, 0.3) is 0 Å². The van der Waals surface area contributed by atoms with E-state index in [1.54, 1.807) is 0 Å². The molecule has 1 spiro atoms. The van der Waals surface area contributed by atoms with Crippen molar-refractivity contribution < 1.29 is 9.15 Å². The lowest BCUT2D eigenvalue weighted by Gasteiger charge is -2.42. The number of ether oxygens (including phenoxy) is 1. The van der Waals surface area contributed by atoms with Crippen molar-refractivity contribution in [3.8, 4) is 33.8 Å². The van der Waals surface area contributed by atoms with Gasteiger partial charge in [0, 0.05) is 60.8 Å². The molecule has 330 valence electrons. The van der Waals surface area contributed by atoms with E-state index >= 15 is 0 Å². The fourth-order valence-corrected chi connectivity index (χ4v) is 13.9. The van der Waals surface area contributed by atoms with Gasteiger partial charge in [-0.15, -0.1) is 0 Å². The standard InChI is InChI=1S/C67H45NO2/c1-65(2)51-24-10-7-20-49(51)61-53(65)26-14-27-58(61)68(43-33-29-42(30-34-43)44-22-13-23-48-47-19-9-12-28-59(47)69-62(44)48)66-38-37-54-60(57(66)39-66)50-21-8-11-25-52(50)67(54)55-35-31-40-15-3-5-17-45(40)63(55)70-64-46-18-6-4-16-41(46)32-36-56(64)67/h3-38,57H,39H2,1-2H3. The Kier molecular flexibility index (Phi) is 7.40. The molecule has 10 aromatic carbocycles. The maximum Gasteiger partial charge on any atom is 0.143 e. The molecule has 11 aromatic rings. The molecule has 3 nitrogen and oxygen atoms in total. The average molecular weight is 896 g/mol. The number of hydrogen-bond acceptors (Lipinski definition) is 3. The van der Waals surface area contributed by atoms with Gasteiger partial charge >= 0.3 is 0 Å². The number of furan rings is 1. The lowest BCUT2D eigenvalue weighted by molar-refractivity contribution is 0.446. The quantitative estimate of drug-likeness (QED) is 0.176. The van der Waals surface area contributed by atoms with Gasteiger partial charge in [-0.3, -0.25) is 0 Å². The van der Waals surface area contributed by atoms with Crippen molar-refractivity contribution in [2.45, 2.75) is 36.6 Å². The Morgan fingerprint density at radius 2 is 1.09 bits per heavy atom. The van der Waals surface area contributed by atoms with Gasteiger partial charge in [-0.2, -0.15) is 0 Å². The first-order chi connectivity index (χ1) is 34.4. The normalized spacial score (nSPS) is 19.1. The molecule has 0 bridgehead atoms. The van der Waals surface area contributed by atoms with Crippen molar-refractivity contribution in [3.63, 3.8) is 0 Å². The van der Waals surface area contributed by atoms with Gasteiger partial charge in [0.05, 0.1) is 16.6 Å². The Bertz CT molecular complexity index is 4100. The molecule has 2 heterocycles. The Hall–Kier alpha value is -8.40. The fraction of sp³-hybridized carbons (Fsp3) is 0.104. The van der Waals surface area contributed by atoms with Crippen molar-refractivity contribution in [2.75, 3.05) is 4.90 Å². The smallest absolute Gasteiger partial charge is 0.143 e. The van der Waals surface area contributed by atoms with E-state index < -0.39 is 5.41 Å². The molecule has 70 heavy (non-hydrogen) atoms. The van der Waals surface area contributed by atoms with E-state index in [0.717, 1.165) is 61.8 Å². The van der Waals surface area contributed by atoms with E-state index in [9.17, 15) is 0 Å². The van der Waals surface area contributed by atoms with Crippen molar-refractivity contribution in [1.29, 1.82) is 0 Å². The number of fused-ring (bicyclic) bond motifs is 20. The zero-order valence-electron chi connectivity index (χ0n) is 38.8. The third-order valence-electron chi connectivity index (χ3n) is 17.0. The van der Waals surface area contributed by atoms with Crippen LogP contribution < -0.4 is 9.64 Å². The molecular formula is C67H45NO2. The topological polar surface area (TPSA) is 25.6 Å². The summed E-state index contributed by atoms with van der Waals surface area (Å²) in [5, 5.41) is 6.91. The second kappa shape index (κ2) is 13.4. The summed E-state index contributed by atoms with van der Waals surface area (Å²) >= 11 is 0. The highest BCUT2D eigenvalue weighted by Gasteiger charge is 2.65. The maximum absolute atomic E-state index is 7.30. The van der Waals surface area contributed by atoms with Gasteiger partial charge in [0.1, 0.15) is 22.7 Å². The van der Waals surface area contributed by atoms with Crippen molar-refractivity contribution in [1.82, 2.24) is 0 Å². The zero-order valence-corrected chi connectivity index (χ0v) is 38.8. The Balaban J connectivity index is 0.924. The third-order valence-corrected chi connectivity index (χ3v) is 17.0. The SMILES string of the molecule is CC1(C)c2ccccc2-c2c(N(c3ccc(-c4cccc5c4oc4ccccc45)cc3)C34C=CC5=C(c6ccccc6C56c5ccc7ccccc7c5Oc5c6ccc6ccccc56)C3C4)cccc21. The molecule has 5 aliphatic rings. The van der Waals surface area contributed by atoms with Crippen LogP contribution in [0.1, 0.15) is 53.6 Å². The lowest BCUT2D eigenvalue weighted by atomic mass is 9.64. The number of hydrogen-bond donors (Lipinski definition) is 0. The molecule has 4 aliphatic carbocycles. The summed E-state index contributed by atoms with van der Waals surface area (Å²) in [4.78, 5) is 2.72. The summed E-state index contributed by atoms with van der Waals surface area (Å²) in [5.74, 6) is 2.12. The van der Waals surface area contributed by atoms with E-state index in [0.29, 0.717) is 0 Å². The minimum atomic E-state index is -0.588. The van der Waals surface area contributed by atoms with E-state index in [2.05, 4.69) is 231 Å². The summed E-state index contributed by atoms with van der Waals surface area (Å²) in [6, 6.07) is 76.3. The molecule has 0 amide bonds. The van der Waals surface area contributed by atoms with Crippen LogP contribution in [0.4, 0.5) is 11.4 Å². The number of nitrogens with zero attached hydrogens (tertiary/aromatic N) is 1. The number of rotatable bonds is 4. The summed E-state index contributed by atoms with van der Waals surface area (Å²) in [6.07, 6.45) is 6.11. The first kappa shape index (κ1) is 38.6. The van der Waals surface area contributed by atoms with Gasteiger partial charge in [-0.1, -0.05) is 208 Å². The van der Waals surface area contributed by atoms with E-state index in [1.807, 2.05) is 6.07 Å². The van der Waals surface area contributed by atoms with E-state index in [4.69, 9.17) is 9.15 Å². The maximum atomic E-state index is 7.30. The molecule has 2 unspecified atom stereocenters. The van der Waals surface area contributed by atoms with Gasteiger partial charge in [-0.05, 0) is 86.0 Å². The van der Waals surface area contributed by atoms with Crippen LogP contribution in [0.2, 0.25) is 0 Å². The third kappa shape index (κ3) is 4.75. The molecule has 1 aromatic heterocycles. The highest BCUT2D eigenvalue weighted by atomic mass is 16.5. The first-order valence-corrected chi connectivity index (χ1v) is 24.8. The minimum Gasteiger partial charge on any atom is -0.455 e. The second-order valence-corrected chi connectivity index (χ2v) is 20.7. The number of anilines is 2. The van der Waals surface area contributed by atoms with Gasteiger partial charge in [0.15, 0.2) is 0 Å². The summed E-state index contributed by atoms with van der Waals surface area (Å²) in [6.45, 7) is 4.78. The molecule has 3 heteroatoms. The van der Waals surface area contributed by atoms with Crippen LogP contribution in [-0.4, -0.2) is 5.54 Å². The number of benzene rings is 10. The van der Waals surface area contributed by atoms with Crippen LogP contribution in [-0.2, 0) is 10.8 Å². The van der Waals surface area contributed by atoms with Crippen molar-refractivity contribution in [3.05, 3.63) is 257 Å². The first-order valence-electron chi connectivity index (χ1n) is 24.8. The molecule has 0 N–H and O–H groups in total. The van der Waals surface area contributed by atoms with E-state index in [1.165, 1.54) is 77.8 Å². The monoisotopic (exact) mass is 895 g/mol. The van der Waals surface area contributed by atoms with Crippen LogP contribution in [0.25, 0.3) is 71.3 Å². The molecule has 16 rings (SSSR count). The summed E-state index contributed by atoms with van der Waals surface area (Å²) in [7, 11) is 0. The zero-order chi connectivity index (χ0) is 46.1. The molecule has 1 fully saturated rings. The Morgan fingerprint density at radius 3 is 1.84 bits per heavy atom. The van der Waals surface area contributed by atoms with Gasteiger partial charge in [0.2, 0.25) is 0 Å². The van der Waals surface area contributed by atoms with Crippen LogP contribution in [0.15, 0.2) is 228 Å². The van der Waals surface area contributed by atoms with E-state index in [-0.39, 0.29) is 16.9 Å². The number of allylic oxidation sites excluding steroid dienone is 2. The van der Waals surface area contributed by atoms with Gasteiger partial charge in [-0.25, -0.2) is 0 Å². The fourth-order valence-electron chi connectivity index (χ4n) is 13.9. The van der Waals surface area contributed by atoms with Crippen LogP contribution in [0, 0.1) is 5.92 Å². The van der Waals surface area contributed by atoms with Crippen LogP contribution in [0.5, 0.6) is 11.5 Å². The predicted octanol–water partition coefficient (Wildman–Crippen LogP) is 17.2. The van der Waals surface area contributed by atoms with Crippen molar-refractivity contribution >= 4 is 60.4 Å². The van der Waals surface area contributed by atoms with Crippen LogP contribution >= 0.6 is 0 Å². The summed E-state index contributed by atoms with van der Waals surface area (Å²) < 4.78 is 13.9. The molecule has 1 saturated carbocycles. The highest BCUT2D eigenvalue weighted by Crippen LogP contribution is 2.72. The lowest BCUT2D eigenvalue weighted by Crippen LogP contribution is -2.37. The Morgan fingerprint density at radius 1 is 0.486 bits per heavy atom.